The van der Waals surface area contributed by atoms with Gasteiger partial charge in [0.05, 0.1) is 30.6 Å². The quantitative estimate of drug-likeness (QED) is 0.132. The molecular weight excluding hydrogens is 704 g/mol. The lowest BCUT2D eigenvalue weighted by molar-refractivity contribution is -0.130. The van der Waals surface area contributed by atoms with Gasteiger partial charge in [-0.25, -0.2) is 8.42 Å². The largest absolute Gasteiger partial charge is 0.348 e. The Morgan fingerprint density at radius 2 is 1.48 bits per heavy atom. The van der Waals surface area contributed by atoms with Crippen LogP contribution in [0.1, 0.15) is 65.6 Å². The standard InChI is InChI=1S/C38H47ClN6O6S/c1-8-17-40-38(49)34(24(2)3)44-35(46)26(5)41-23-32(18-27-13-10-9-11-14-27)43-37(48)30-19-29(21-33(22-30)45(6)52(7,50)51)36(47)42-25(4)28-15-12-16-31(39)20-28/h1,9-16,19-22,24-26,32,34,41H,17-18,23H2,2-7H3,(H,40,49)(H,42,47)(H,43,48)(H,44,46)/t25-,26+,32+,34+/m1/s1. The second-order valence-corrected chi connectivity index (χ2v) is 15.3. The molecule has 12 nitrogen and oxygen atoms in total. The van der Waals surface area contributed by atoms with Gasteiger partial charge in [-0.3, -0.25) is 23.5 Å². The monoisotopic (exact) mass is 750 g/mol. The van der Waals surface area contributed by atoms with Crippen LogP contribution in [0.15, 0.2) is 72.8 Å². The van der Waals surface area contributed by atoms with Crippen LogP contribution < -0.4 is 30.9 Å². The van der Waals surface area contributed by atoms with E-state index in [1.54, 1.807) is 32.0 Å². The van der Waals surface area contributed by atoms with Gasteiger partial charge >= 0.3 is 0 Å². The van der Waals surface area contributed by atoms with Crippen LogP contribution >= 0.6 is 11.6 Å². The fourth-order valence-electron chi connectivity index (χ4n) is 5.20. The number of amides is 4. The third-order valence-electron chi connectivity index (χ3n) is 8.33. The minimum absolute atomic E-state index is 0.0361. The van der Waals surface area contributed by atoms with Gasteiger partial charge < -0.3 is 26.6 Å². The minimum atomic E-state index is -3.75. The summed E-state index contributed by atoms with van der Waals surface area (Å²) >= 11 is 6.14. The summed E-state index contributed by atoms with van der Waals surface area (Å²) < 4.78 is 26.0. The number of halogens is 1. The molecule has 0 aliphatic rings. The second kappa shape index (κ2) is 19.1. The normalized spacial score (nSPS) is 13.5. The Kier molecular flexibility index (Phi) is 15.2. The molecule has 0 saturated carbocycles. The van der Waals surface area contributed by atoms with Gasteiger partial charge in [0.1, 0.15) is 6.04 Å². The third-order valence-corrected chi connectivity index (χ3v) is 9.78. The fraction of sp³-hybridized carbons (Fsp3) is 0.368. The summed E-state index contributed by atoms with van der Waals surface area (Å²) in [6.45, 7) is 7.23. The lowest BCUT2D eigenvalue weighted by Crippen LogP contribution is -2.55. The van der Waals surface area contributed by atoms with E-state index in [1.807, 2.05) is 50.2 Å². The maximum atomic E-state index is 13.9. The molecule has 14 heteroatoms. The first-order valence-electron chi connectivity index (χ1n) is 16.7. The molecule has 278 valence electrons. The summed E-state index contributed by atoms with van der Waals surface area (Å²) in [5.74, 6) is 0.237. The molecule has 0 aliphatic heterocycles. The van der Waals surface area contributed by atoms with Crippen LogP contribution in [0.3, 0.4) is 0 Å². The molecule has 0 spiro atoms. The molecule has 5 N–H and O–H groups in total. The highest BCUT2D eigenvalue weighted by molar-refractivity contribution is 7.92. The minimum Gasteiger partial charge on any atom is -0.348 e. The Morgan fingerprint density at radius 3 is 2.06 bits per heavy atom. The number of hydrogen-bond donors (Lipinski definition) is 5. The Labute approximate surface area is 311 Å². The topological polar surface area (TPSA) is 166 Å². The summed E-state index contributed by atoms with van der Waals surface area (Å²) in [6.07, 6.45) is 6.66. The number of rotatable bonds is 17. The number of nitrogens with one attached hydrogen (secondary N) is 5. The smallest absolute Gasteiger partial charge is 0.251 e. The highest BCUT2D eigenvalue weighted by Gasteiger charge is 2.27. The molecule has 0 unspecified atom stereocenters. The van der Waals surface area contributed by atoms with E-state index in [0.717, 1.165) is 21.7 Å². The van der Waals surface area contributed by atoms with Crippen molar-refractivity contribution in [2.24, 2.45) is 5.92 Å². The number of carbonyl (C=O) groups excluding carboxylic acids is 4. The first-order chi connectivity index (χ1) is 24.5. The van der Waals surface area contributed by atoms with Crippen LogP contribution in [-0.4, -0.2) is 76.6 Å². The van der Waals surface area contributed by atoms with Crippen molar-refractivity contribution < 1.29 is 27.6 Å². The van der Waals surface area contributed by atoms with Crippen LogP contribution in [0.4, 0.5) is 5.69 Å². The molecule has 0 saturated heterocycles. The van der Waals surface area contributed by atoms with E-state index >= 15 is 0 Å². The summed E-state index contributed by atoms with van der Waals surface area (Å²) in [5.41, 5.74) is 1.91. The number of carbonyl (C=O) groups is 4. The maximum Gasteiger partial charge on any atom is 0.251 e. The zero-order valence-corrected chi connectivity index (χ0v) is 31.8. The van der Waals surface area contributed by atoms with Crippen LogP contribution in [0.5, 0.6) is 0 Å². The van der Waals surface area contributed by atoms with E-state index in [9.17, 15) is 27.6 Å². The van der Waals surface area contributed by atoms with Crippen LogP contribution in [0.2, 0.25) is 5.02 Å². The van der Waals surface area contributed by atoms with E-state index in [4.69, 9.17) is 18.0 Å². The highest BCUT2D eigenvalue weighted by Crippen LogP contribution is 2.23. The first kappa shape index (κ1) is 41.5. The van der Waals surface area contributed by atoms with Crippen molar-refractivity contribution >= 4 is 50.9 Å². The highest BCUT2D eigenvalue weighted by atomic mass is 35.5. The lowest BCUT2D eigenvalue weighted by Gasteiger charge is -2.25. The van der Waals surface area contributed by atoms with Crippen molar-refractivity contribution in [2.45, 2.75) is 58.3 Å². The Bertz CT molecular complexity index is 1880. The van der Waals surface area contributed by atoms with Crippen molar-refractivity contribution in [2.75, 3.05) is 30.7 Å². The van der Waals surface area contributed by atoms with E-state index in [0.29, 0.717) is 11.4 Å². The Morgan fingerprint density at radius 1 is 0.846 bits per heavy atom. The zero-order chi connectivity index (χ0) is 38.6. The second-order valence-electron chi connectivity index (χ2n) is 12.9. The number of sulfonamides is 1. The van der Waals surface area contributed by atoms with Gasteiger partial charge in [-0.2, -0.15) is 0 Å². The number of terminal acetylenes is 1. The van der Waals surface area contributed by atoms with E-state index in [2.05, 4.69) is 32.5 Å². The first-order valence-corrected chi connectivity index (χ1v) is 19.0. The van der Waals surface area contributed by atoms with Crippen molar-refractivity contribution in [1.29, 1.82) is 0 Å². The van der Waals surface area contributed by atoms with Gasteiger partial charge in [-0.1, -0.05) is 73.8 Å². The molecule has 4 atom stereocenters. The van der Waals surface area contributed by atoms with Crippen molar-refractivity contribution in [3.8, 4) is 12.3 Å². The van der Waals surface area contributed by atoms with E-state index in [1.165, 1.54) is 25.2 Å². The summed E-state index contributed by atoms with van der Waals surface area (Å²) in [5, 5.41) is 14.9. The molecule has 3 aromatic rings. The lowest BCUT2D eigenvalue weighted by atomic mass is 10.0. The average Bonchev–Trinajstić information content (AvgIpc) is 3.10. The molecule has 52 heavy (non-hydrogen) atoms. The SMILES string of the molecule is C#CCNC(=O)[C@@H](NC(=O)[C@H](C)NC[C@H](Cc1ccccc1)NC(=O)c1cc(C(=O)N[C@H](C)c2cccc(Cl)c2)cc(N(C)S(C)(=O)=O)c1)C(C)C. The predicted octanol–water partition coefficient (Wildman–Crippen LogP) is 3.44. The summed E-state index contributed by atoms with van der Waals surface area (Å²) in [4.78, 5) is 53.1. The molecule has 0 aliphatic carbocycles. The van der Waals surface area contributed by atoms with Gasteiger partial charge in [-0.15, -0.1) is 6.42 Å². The number of hydrogen-bond acceptors (Lipinski definition) is 7. The molecule has 0 aromatic heterocycles. The van der Waals surface area contributed by atoms with Gasteiger partial charge in [0.15, 0.2) is 0 Å². The number of benzene rings is 3. The molecule has 3 aromatic carbocycles. The van der Waals surface area contributed by atoms with Gasteiger partial charge in [0.25, 0.3) is 11.8 Å². The summed E-state index contributed by atoms with van der Waals surface area (Å²) in [6, 6.07) is 18.1. The molecule has 0 heterocycles. The molecule has 0 bridgehead atoms. The molecular formula is C38H47ClN6O6S. The van der Waals surface area contributed by atoms with Crippen molar-refractivity contribution in [1.82, 2.24) is 26.6 Å². The number of nitrogens with zero attached hydrogens (tertiary/aromatic N) is 1. The molecule has 0 fully saturated rings. The molecule has 4 amide bonds. The van der Waals surface area contributed by atoms with E-state index in [-0.39, 0.29) is 35.8 Å². The van der Waals surface area contributed by atoms with Gasteiger partial charge in [0.2, 0.25) is 21.8 Å². The van der Waals surface area contributed by atoms with Crippen molar-refractivity contribution in [3.05, 3.63) is 100 Å². The molecule has 0 radical (unpaired) electrons. The predicted molar refractivity (Wildman–Crippen MR) is 204 cm³/mol. The Balaban J connectivity index is 1.86. The Hall–Kier alpha value is -4.90. The summed E-state index contributed by atoms with van der Waals surface area (Å²) in [7, 11) is -2.42. The maximum absolute atomic E-state index is 13.9. The van der Waals surface area contributed by atoms with Gasteiger partial charge in [-0.05, 0) is 67.6 Å². The van der Waals surface area contributed by atoms with Crippen LogP contribution in [-0.2, 0) is 26.0 Å². The van der Waals surface area contributed by atoms with E-state index < -0.39 is 57.8 Å². The van der Waals surface area contributed by atoms with Gasteiger partial charge in [0, 0.05) is 35.8 Å². The van der Waals surface area contributed by atoms with Crippen LogP contribution in [0, 0.1) is 18.3 Å². The fourth-order valence-corrected chi connectivity index (χ4v) is 5.89. The van der Waals surface area contributed by atoms with Crippen molar-refractivity contribution in [3.63, 3.8) is 0 Å². The molecule has 3 rings (SSSR count). The zero-order valence-electron chi connectivity index (χ0n) is 30.2. The number of anilines is 1. The van der Waals surface area contributed by atoms with Crippen LogP contribution in [0.25, 0.3) is 0 Å². The third kappa shape index (κ3) is 12.4. The average molecular weight is 751 g/mol.